The Balaban J connectivity index is 1.21. The molecule has 0 fully saturated rings. The van der Waals surface area contributed by atoms with E-state index in [1.54, 1.807) is 0 Å². The third-order valence-corrected chi connectivity index (χ3v) is 11.3. The molecule has 0 radical (unpaired) electrons. The standard InChI is InChI=1S/C58H48N2/c1-41-13-21-45(22-14-41)25-27-47-29-37-51(38-30-47)59(49-33-17-43(3)18-34-49)57-53-9-5-7-11-55(53)58(56-12-8-6-10-54(56)57)60(50-35-19-44(4)20-36-50)52-39-31-48(32-40-52)28-26-46-23-15-42(2)16-24-46/h5-40H,1-4H3/b27-25+,28-26+. The predicted octanol–water partition coefficient (Wildman–Crippen LogP) is 16.5. The molecule has 0 atom stereocenters. The summed E-state index contributed by atoms with van der Waals surface area (Å²) < 4.78 is 0. The van der Waals surface area contributed by atoms with Crippen molar-refractivity contribution >= 4 is 80.0 Å². The predicted molar refractivity (Wildman–Crippen MR) is 261 cm³/mol. The maximum Gasteiger partial charge on any atom is 0.0619 e. The van der Waals surface area contributed by atoms with Crippen LogP contribution in [-0.2, 0) is 0 Å². The molecule has 0 heterocycles. The first-order chi connectivity index (χ1) is 29.4. The second kappa shape index (κ2) is 16.8. The number of hydrogen-bond donors (Lipinski definition) is 0. The van der Waals surface area contributed by atoms with Gasteiger partial charge in [0.05, 0.1) is 11.4 Å². The number of rotatable bonds is 10. The fraction of sp³-hybridized carbons (Fsp3) is 0.0690. The molecule has 0 spiro atoms. The summed E-state index contributed by atoms with van der Waals surface area (Å²) in [6.07, 6.45) is 8.75. The summed E-state index contributed by atoms with van der Waals surface area (Å²) in [5.74, 6) is 0. The average Bonchev–Trinajstić information content (AvgIpc) is 3.28. The molecule has 9 aromatic rings. The van der Waals surface area contributed by atoms with Crippen molar-refractivity contribution in [2.75, 3.05) is 9.80 Å². The van der Waals surface area contributed by atoms with Crippen molar-refractivity contribution < 1.29 is 0 Å². The van der Waals surface area contributed by atoms with Crippen LogP contribution < -0.4 is 9.80 Å². The van der Waals surface area contributed by atoms with Gasteiger partial charge in [0.1, 0.15) is 0 Å². The SMILES string of the molecule is Cc1ccc(/C=C/c2ccc(N(c3ccc(C)cc3)c3c4ccccc4c(N(c4ccc(C)cc4)c4ccc(/C=C/c5ccc(C)cc5)cc4)c4ccccc34)cc2)cc1. The molecule has 2 heteroatoms. The zero-order valence-electron chi connectivity index (χ0n) is 34.7. The third kappa shape index (κ3) is 8.01. The minimum Gasteiger partial charge on any atom is -0.309 e. The molecule has 0 bridgehead atoms. The van der Waals surface area contributed by atoms with Crippen LogP contribution in [0.2, 0.25) is 0 Å². The van der Waals surface area contributed by atoms with Crippen LogP contribution >= 0.6 is 0 Å². The molecule has 0 amide bonds. The second-order valence-corrected chi connectivity index (χ2v) is 15.8. The Labute approximate surface area is 354 Å². The van der Waals surface area contributed by atoms with E-state index in [2.05, 4.69) is 256 Å². The Bertz CT molecular complexity index is 2690. The van der Waals surface area contributed by atoms with Gasteiger partial charge in [0.2, 0.25) is 0 Å². The fourth-order valence-electron chi connectivity index (χ4n) is 7.98. The maximum atomic E-state index is 2.44. The van der Waals surface area contributed by atoms with E-state index in [0.717, 1.165) is 45.3 Å². The lowest BCUT2D eigenvalue weighted by Gasteiger charge is -2.33. The highest BCUT2D eigenvalue weighted by Gasteiger charge is 2.25. The molecular formula is C58H48N2. The van der Waals surface area contributed by atoms with Gasteiger partial charge in [0.25, 0.3) is 0 Å². The van der Waals surface area contributed by atoms with Crippen molar-refractivity contribution in [3.8, 4) is 0 Å². The monoisotopic (exact) mass is 772 g/mol. The molecular weight excluding hydrogens is 725 g/mol. The maximum absolute atomic E-state index is 2.44. The van der Waals surface area contributed by atoms with Crippen LogP contribution in [0.3, 0.4) is 0 Å². The lowest BCUT2D eigenvalue weighted by Crippen LogP contribution is -2.14. The number of benzene rings is 9. The third-order valence-electron chi connectivity index (χ3n) is 11.3. The largest absolute Gasteiger partial charge is 0.309 e. The minimum absolute atomic E-state index is 1.10. The Morgan fingerprint density at radius 3 is 0.700 bits per heavy atom. The minimum atomic E-state index is 1.10. The molecule has 0 aliphatic heterocycles. The molecule has 0 N–H and O–H groups in total. The van der Waals surface area contributed by atoms with Crippen molar-refractivity contribution in [2.45, 2.75) is 27.7 Å². The summed E-state index contributed by atoms with van der Waals surface area (Å²) in [4.78, 5) is 4.87. The lowest BCUT2D eigenvalue weighted by molar-refractivity contribution is 1.28. The summed E-state index contributed by atoms with van der Waals surface area (Å²) in [5, 5.41) is 4.68. The molecule has 9 rings (SSSR count). The average molecular weight is 773 g/mol. The first kappa shape index (κ1) is 38.1. The zero-order valence-corrected chi connectivity index (χ0v) is 34.7. The van der Waals surface area contributed by atoms with E-state index in [1.165, 1.54) is 54.9 Å². The first-order valence-electron chi connectivity index (χ1n) is 20.7. The van der Waals surface area contributed by atoms with Gasteiger partial charge in [0.15, 0.2) is 0 Å². The summed E-state index contributed by atoms with van der Waals surface area (Å²) in [5.41, 5.74) is 16.4. The quantitative estimate of drug-likeness (QED) is 0.0776. The lowest BCUT2D eigenvalue weighted by atomic mass is 9.95. The van der Waals surface area contributed by atoms with Crippen molar-refractivity contribution in [1.29, 1.82) is 0 Å². The van der Waals surface area contributed by atoms with E-state index in [0.29, 0.717) is 0 Å². The van der Waals surface area contributed by atoms with Crippen LogP contribution in [0, 0.1) is 27.7 Å². The molecule has 2 nitrogen and oxygen atoms in total. The molecule has 290 valence electrons. The topological polar surface area (TPSA) is 6.48 Å². The van der Waals surface area contributed by atoms with Crippen LogP contribution in [0.15, 0.2) is 194 Å². The number of hydrogen-bond acceptors (Lipinski definition) is 2. The second-order valence-electron chi connectivity index (χ2n) is 15.8. The van der Waals surface area contributed by atoms with Gasteiger partial charge in [-0.1, -0.05) is 192 Å². The van der Waals surface area contributed by atoms with E-state index in [4.69, 9.17) is 0 Å². The Morgan fingerprint density at radius 2 is 0.450 bits per heavy atom. The Kier molecular flexibility index (Phi) is 10.7. The summed E-state index contributed by atoms with van der Waals surface area (Å²) in [6, 6.07) is 70.8. The van der Waals surface area contributed by atoms with Gasteiger partial charge in [-0.15, -0.1) is 0 Å². The van der Waals surface area contributed by atoms with Crippen LogP contribution in [0.1, 0.15) is 44.5 Å². The molecule has 0 unspecified atom stereocenters. The first-order valence-corrected chi connectivity index (χ1v) is 20.7. The van der Waals surface area contributed by atoms with Gasteiger partial charge >= 0.3 is 0 Å². The van der Waals surface area contributed by atoms with Gasteiger partial charge in [-0.25, -0.2) is 0 Å². The van der Waals surface area contributed by atoms with Crippen LogP contribution in [0.25, 0.3) is 45.8 Å². The van der Waals surface area contributed by atoms with Gasteiger partial charge < -0.3 is 9.80 Å². The van der Waals surface area contributed by atoms with Gasteiger partial charge in [0, 0.05) is 44.3 Å². The van der Waals surface area contributed by atoms with Crippen molar-refractivity contribution in [2.24, 2.45) is 0 Å². The van der Waals surface area contributed by atoms with Gasteiger partial charge in [-0.3, -0.25) is 0 Å². The smallest absolute Gasteiger partial charge is 0.0619 e. The van der Waals surface area contributed by atoms with E-state index in [1.807, 2.05) is 0 Å². The fourth-order valence-corrected chi connectivity index (χ4v) is 7.98. The van der Waals surface area contributed by atoms with Crippen molar-refractivity contribution in [1.82, 2.24) is 0 Å². The Morgan fingerprint density at radius 1 is 0.250 bits per heavy atom. The molecule has 0 saturated carbocycles. The molecule has 0 aromatic heterocycles. The van der Waals surface area contributed by atoms with Crippen LogP contribution in [0.5, 0.6) is 0 Å². The number of nitrogens with zero attached hydrogens (tertiary/aromatic N) is 2. The van der Waals surface area contributed by atoms with E-state index >= 15 is 0 Å². The number of anilines is 6. The molecule has 9 aromatic carbocycles. The van der Waals surface area contributed by atoms with Crippen molar-refractivity contribution in [3.63, 3.8) is 0 Å². The number of fused-ring (bicyclic) bond motifs is 2. The number of aryl methyl sites for hydroxylation is 4. The van der Waals surface area contributed by atoms with E-state index in [9.17, 15) is 0 Å². The van der Waals surface area contributed by atoms with Crippen LogP contribution in [0.4, 0.5) is 34.1 Å². The highest BCUT2D eigenvalue weighted by Crippen LogP contribution is 2.51. The summed E-state index contributed by atoms with van der Waals surface area (Å²) in [7, 11) is 0. The van der Waals surface area contributed by atoms with Gasteiger partial charge in [-0.05, 0) is 98.5 Å². The van der Waals surface area contributed by atoms with Crippen LogP contribution in [-0.4, -0.2) is 0 Å². The normalized spacial score (nSPS) is 11.5. The zero-order chi connectivity index (χ0) is 41.0. The summed E-state index contributed by atoms with van der Waals surface area (Å²) in [6.45, 7) is 8.54. The Hall–Kier alpha value is -7.42. The molecule has 0 aliphatic carbocycles. The summed E-state index contributed by atoms with van der Waals surface area (Å²) >= 11 is 0. The molecule has 0 aliphatic rings. The highest BCUT2D eigenvalue weighted by molar-refractivity contribution is 6.23. The highest BCUT2D eigenvalue weighted by atomic mass is 15.2. The molecule has 0 saturated heterocycles. The van der Waals surface area contributed by atoms with E-state index < -0.39 is 0 Å². The van der Waals surface area contributed by atoms with Gasteiger partial charge in [-0.2, -0.15) is 0 Å². The van der Waals surface area contributed by atoms with Crippen molar-refractivity contribution in [3.05, 3.63) is 239 Å². The molecule has 60 heavy (non-hydrogen) atoms. The van der Waals surface area contributed by atoms with E-state index in [-0.39, 0.29) is 0 Å².